The maximum Gasteiger partial charge on any atom is 0.0641 e. The van der Waals surface area contributed by atoms with Gasteiger partial charge in [0.1, 0.15) is 0 Å². The van der Waals surface area contributed by atoms with Crippen LogP contribution in [0.15, 0.2) is 6.20 Å². The Balaban J connectivity index is 2.20. The predicted octanol–water partition coefficient (Wildman–Crippen LogP) is 1.85. The van der Waals surface area contributed by atoms with Gasteiger partial charge < -0.3 is 5.73 Å². The molecule has 1 aliphatic rings. The van der Waals surface area contributed by atoms with Crippen LogP contribution in [-0.4, -0.2) is 33.8 Å². The van der Waals surface area contributed by atoms with E-state index in [1.165, 1.54) is 18.4 Å². The first-order valence-corrected chi connectivity index (χ1v) is 6.98. The molecule has 2 heterocycles. The predicted molar refractivity (Wildman–Crippen MR) is 74.3 cm³/mol. The Bertz CT molecular complexity index is 398. The van der Waals surface area contributed by atoms with Gasteiger partial charge in [0.25, 0.3) is 0 Å². The molecule has 0 aliphatic carbocycles. The lowest BCUT2D eigenvalue weighted by Crippen LogP contribution is -2.45. The fourth-order valence-electron chi connectivity index (χ4n) is 3.27. The van der Waals surface area contributed by atoms with Crippen LogP contribution in [0, 0.1) is 12.8 Å². The average molecular weight is 250 g/mol. The third kappa shape index (κ3) is 2.59. The molecular formula is C14H26N4. The van der Waals surface area contributed by atoms with Crippen LogP contribution < -0.4 is 5.73 Å². The molecule has 1 aliphatic heterocycles. The number of aromatic nitrogens is 2. The number of piperidine rings is 1. The average Bonchev–Trinajstić information content (AvgIpc) is 2.62. The zero-order valence-electron chi connectivity index (χ0n) is 12.1. The first-order valence-electron chi connectivity index (χ1n) is 6.98. The highest BCUT2D eigenvalue weighted by Crippen LogP contribution is 2.31. The highest BCUT2D eigenvalue weighted by Gasteiger charge is 2.30. The monoisotopic (exact) mass is 250 g/mol. The number of rotatable bonds is 3. The lowest BCUT2D eigenvalue weighted by Gasteiger charge is -2.41. The van der Waals surface area contributed by atoms with E-state index in [0.717, 1.165) is 18.2 Å². The zero-order chi connectivity index (χ0) is 13.3. The standard InChI is InChI=1S/C14H26N4/c1-10-5-6-18(11(2)7-10)14(8-15)13-9-17(4)16-12(13)3/h9-11,14H,5-8,15H2,1-4H3. The second-order valence-corrected chi connectivity index (χ2v) is 5.81. The van der Waals surface area contributed by atoms with Gasteiger partial charge in [0.15, 0.2) is 0 Å². The number of nitrogens with zero attached hydrogens (tertiary/aromatic N) is 3. The topological polar surface area (TPSA) is 47.1 Å². The molecule has 1 aromatic rings. The summed E-state index contributed by atoms with van der Waals surface area (Å²) in [6.45, 7) is 8.57. The summed E-state index contributed by atoms with van der Waals surface area (Å²) in [5.41, 5.74) is 8.43. The third-order valence-electron chi connectivity index (χ3n) is 4.22. The number of aryl methyl sites for hydroxylation is 2. The summed E-state index contributed by atoms with van der Waals surface area (Å²) in [6, 6.07) is 0.933. The summed E-state index contributed by atoms with van der Waals surface area (Å²) < 4.78 is 1.89. The number of likely N-dealkylation sites (tertiary alicyclic amines) is 1. The molecule has 0 amide bonds. The van der Waals surface area contributed by atoms with Crippen molar-refractivity contribution in [1.29, 1.82) is 0 Å². The van der Waals surface area contributed by atoms with Crippen LogP contribution in [-0.2, 0) is 7.05 Å². The van der Waals surface area contributed by atoms with Crippen molar-refractivity contribution >= 4 is 0 Å². The second kappa shape index (κ2) is 5.41. The van der Waals surface area contributed by atoms with E-state index in [9.17, 15) is 0 Å². The van der Waals surface area contributed by atoms with Crippen molar-refractivity contribution in [2.24, 2.45) is 18.7 Å². The van der Waals surface area contributed by atoms with Crippen LogP contribution in [0.25, 0.3) is 0 Å². The van der Waals surface area contributed by atoms with Crippen molar-refractivity contribution in [1.82, 2.24) is 14.7 Å². The Morgan fingerprint density at radius 1 is 1.50 bits per heavy atom. The SMILES string of the molecule is Cc1nn(C)cc1C(CN)N1CCC(C)CC1C. The van der Waals surface area contributed by atoms with Gasteiger partial charge in [-0.25, -0.2) is 0 Å². The van der Waals surface area contributed by atoms with Crippen LogP contribution in [0.4, 0.5) is 0 Å². The molecule has 3 atom stereocenters. The molecule has 2 rings (SSSR count). The fourth-order valence-corrected chi connectivity index (χ4v) is 3.27. The fraction of sp³-hybridized carbons (Fsp3) is 0.786. The van der Waals surface area contributed by atoms with Gasteiger partial charge in [-0.05, 0) is 39.2 Å². The minimum absolute atomic E-state index is 0.321. The van der Waals surface area contributed by atoms with Gasteiger partial charge in [-0.2, -0.15) is 5.10 Å². The minimum atomic E-state index is 0.321. The van der Waals surface area contributed by atoms with Crippen LogP contribution in [0.3, 0.4) is 0 Å². The Hall–Kier alpha value is -0.870. The molecule has 4 heteroatoms. The van der Waals surface area contributed by atoms with Crippen molar-refractivity contribution in [3.63, 3.8) is 0 Å². The summed E-state index contributed by atoms with van der Waals surface area (Å²) in [6.07, 6.45) is 4.67. The van der Waals surface area contributed by atoms with Crippen molar-refractivity contribution in [3.8, 4) is 0 Å². The Labute approximate surface area is 110 Å². The molecule has 0 spiro atoms. The molecule has 102 valence electrons. The van der Waals surface area contributed by atoms with Crippen molar-refractivity contribution in [2.45, 2.75) is 45.7 Å². The van der Waals surface area contributed by atoms with Gasteiger partial charge in [-0.1, -0.05) is 6.92 Å². The maximum absolute atomic E-state index is 6.03. The molecule has 0 radical (unpaired) electrons. The molecule has 1 saturated heterocycles. The van der Waals surface area contributed by atoms with E-state index in [1.807, 2.05) is 11.7 Å². The molecule has 1 aromatic heterocycles. The highest BCUT2D eigenvalue weighted by atomic mass is 15.3. The second-order valence-electron chi connectivity index (χ2n) is 5.81. The molecule has 0 aromatic carbocycles. The summed E-state index contributed by atoms with van der Waals surface area (Å²) in [7, 11) is 1.98. The zero-order valence-corrected chi connectivity index (χ0v) is 12.1. The van der Waals surface area contributed by atoms with Crippen LogP contribution in [0.1, 0.15) is 44.0 Å². The lowest BCUT2D eigenvalue weighted by atomic mass is 9.91. The minimum Gasteiger partial charge on any atom is -0.329 e. The van der Waals surface area contributed by atoms with Gasteiger partial charge in [-0.15, -0.1) is 0 Å². The van der Waals surface area contributed by atoms with Gasteiger partial charge in [0, 0.05) is 31.4 Å². The first-order chi connectivity index (χ1) is 8.52. The van der Waals surface area contributed by atoms with E-state index in [2.05, 4.69) is 37.0 Å². The largest absolute Gasteiger partial charge is 0.329 e. The smallest absolute Gasteiger partial charge is 0.0641 e. The number of hydrogen-bond acceptors (Lipinski definition) is 3. The van der Waals surface area contributed by atoms with Gasteiger partial charge in [-0.3, -0.25) is 9.58 Å². The van der Waals surface area contributed by atoms with Crippen molar-refractivity contribution < 1.29 is 0 Å². The van der Waals surface area contributed by atoms with Gasteiger partial charge in [0.2, 0.25) is 0 Å². The lowest BCUT2D eigenvalue weighted by molar-refractivity contribution is 0.0844. The number of hydrogen-bond donors (Lipinski definition) is 1. The number of nitrogens with two attached hydrogens (primary N) is 1. The Morgan fingerprint density at radius 3 is 2.72 bits per heavy atom. The summed E-state index contributed by atoms with van der Waals surface area (Å²) in [4.78, 5) is 2.56. The van der Waals surface area contributed by atoms with E-state index in [-0.39, 0.29) is 0 Å². The third-order valence-corrected chi connectivity index (χ3v) is 4.22. The molecule has 18 heavy (non-hydrogen) atoms. The molecule has 0 bridgehead atoms. The summed E-state index contributed by atoms with van der Waals surface area (Å²) >= 11 is 0. The quantitative estimate of drug-likeness (QED) is 0.890. The maximum atomic E-state index is 6.03. The Kier molecular flexibility index (Phi) is 4.07. The van der Waals surface area contributed by atoms with E-state index in [1.54, 1.807) is 0 Å². The van der Waals surface area contributed by atoms with E-state index in [4.69, 9.17) is 5.73 Å². The van der Waals surface area contributed by atoms with Crippen LogP contribution in [0.5, 0.6) is 0 Å². The van der Waals surface area contributed by atoms with Crippen LogP contribution >= 0.6 is 0 Å². The van der Waals surface area contributed by atoms with Gasteiger partial charge >= 0.3 is 0 Å². The molecule has 2 N–H and O–H groups in total. The molecule has 0 saturated carbocycles. The summed E-state index contributed by atoms with van der Waals surface area (Å²) in [5, 5.41) is 4.45. The van der Waals surface area contributed by atoms with E-state index < -0.39 is 0 Å². The molecule has 4 nitrogen and oxygen atoms in total. The summed E-state index contributed by atoms with van der Waals surface area (Å²) in [5.74, 6) is 0.838. The normalized spacial score (nSPS) is 27.4. The molecule has 1 fully saturated rings. The van der Waals surface area contributed by atoms with Gasteiger partial charge in [0.05, 0.1) is 11.7 Å². The Morgan fingerprint density at radius 2 is 2.22 bits per heavy atom. The van der Waals surface area contributed by atoms with Crippen LogP contribution in [0.2, 0.25) is 0 Å². The molecular weight excluding hydrogens is 224 g/mol. The van der Waals surface area contributed by atoms with Crippen molar-refractivity contribution in [2.75, 3.05) is 13.1 Å². The van der Waals surface area contributed by atoms with E-state index in [0.29, 0.717) is 18.6 Å². The first kappa shape index (κ1) is 13.6. The highest BCUT2D eigenvalue weighted by molar-refractivity contribution is 5.21. The molecule has 3 unspecified atom stereocenters. The van der Waals surface area contributed by atoms with Crippen molar-refractivity contribution in [3.05, 3.63) is 17.5 Å². The van der Waals surface area contributed by atoms with E-state index >= 15 is 0 Å².